The molecule has 1 unspecified atom stereocenters. The topological polar surface area (TPSA) is 54.4 Å². The van der Waals surface area contributed by atoms with Crippen molar-refractivity contribution in [1.82, 2.24) is 10.3 Å². The number of hydrogen-bond donors (Lipinski definition) is 2. The molecule has 2 N–H and O–H groups in total. The molecule has 0 saturated heterocycles. The van der Waals surface area contributed by atoms with Crippen molar-refractivity contribution in [3.63, 3.8) is 0 Å². The van der Waals surface area contributed by atoms with Crippen LogP contribution in [-0.4, -0.2) is 29.3 Å². The molecule has 0 spiro atoms. The van der Waals surface area contributed by atoms with Crippen LogP contribution in [0.1, 0.15) is 26.0 Å². The lowest BCUT2D eigenvalue weighted by molar-refractivity contribution is 0.168. The van der Waals surface area contributed by atoms with E-state index in [1.165, 1.54) is 0 Å². The molecule has 1 rings (SSSR count). The van der Waals surface area contributed by atoms with Crippen molar-refractivity contribution in [3.8, 4) is 5.88 Å². The number of nitrogens with zero attached hydrogens (tertiary/aromatic N) is 1. The van der Waals surface area contributed by atoms with E-state index in [0.717, 1.165) is 12.1 Å². The zero-order valence-electron chi connectivity index (χ0n) is 10.2. The lowest BCUT2D eigenvalue weighted by Gasteiger charge is -2.27. The van der Waals surface area contributed by atoms with Crippen LogP contribution in [0.3, 0.4) is 0 Å². The Morgan fingerprint density at radius 3 is 2.81 bits per heavy atom. The maximum atomic E-state index is 9.26. The zero-order valence-corrected chi connectivity index (χ0v) is 10.2. The lowest BCUT2D eigenvalue weighted by atomic mass is 10.0. The first-order valence-electron chi connectivity index (χ1n) is 5.49. The van der Waals surface area contributed by atoms with Crippen LogP contribution in [0.2, 0.25) is 0 Å². The monoisotopic (exact) mass is 224 g/mol. The molecule has 16 heavy (non-hydrogen) atoms. The number of nitrogens with one attached hydrogen (secondary N) is 1. The van der Waals surface area contributed by atoms with Crippen molar-refractivity contribution in [2.24, 2.45) is 0 Å². The van der Waals surface area contributed by atoms with E-state index in [1.807, 2.05) is 32.0 Å². The fourth-order valence-electron chi connectivity index (χ4n) is 1.27. The Morgan fingerprint density at radius 1 is 1.50 bits per heavy atom. The van der Waals surface area contributed by atoms with Gasteiger partial charge in [0.2, 0.25) is 5.88 Å². The average Bonchev–Trinajstić information content (AvgIpc) is 2.36. The minimum Gasteiger partial charge on any atom is -0.481 e. The van der Waals surface area contributed by atoms with Gasteiger partial charge in [0.1, 0.15) is 0 Å². The van der Waals surface area contributed by atoms with Gasteiger partial charge in [-0.1, -0.05) is 13.0 Å². The van der Waals surface area contributed by atoms with Crippen LogP contribution in [-0.2, 0) is 6.54 Å². The normalized spacial score (nSPS) is 14.5. The Morgan fingerprint density at radius 2 is 2.25 bits per heavy atom. The Balaban J connectivity index is 2.60. The molecule has 1 aromatic rings. The second-order valence-corrected chi connectivity index (χ2v) is 4.10. The molecule has 0 aromatic carbocycles. The van der Waals surface area contributed by atoms with Gasteiger partial charge in [0.25, 0.3) is 0 Å². The first kappa shape index (κ1) is 12.9. The van der Waals surface area contributed by atoms with Gasteiger partial charge in [-0.2, -0.15) is 0 Å². The Hall–Kier alpha value is -1.13. The first-order valence-corrected chi connectivity index (χ1v) is 5.49. The van der Waals surface area contributed by atoms with Crippen molar-refractivity contribution in [2.45, 2.75) is 32.4 Å². The molecule has 0 aliphatic carbocycles. The highest BCUT2D eigenvalue weighted by Crippen LogP contribution is 2.11. The van der Waals surface area contributed by atoms with Gasteiger partial charge in [0.05, 0.1) is 19.4 Å². The molecule has 0 fully saturated rings. The van der Waals surface area contributed by atoms with Crippen LogP contribution in [0, 0.1) is 0 Å². The highest BCUT2D eigenvalue weighted by molar-refractivity contribution is 5.15. The summed E-state index contributed by atoms with van der Waals surface area (Å²) in [6.45, 7) is 4.78. The summed E-state index contributed by atoms with van der Waals surface area (Å²) in [6, 6.07) is 5.66. The van der Waals surface area contributed by atoms with Gasteiger partial charge in [-0.3, -0.25) is 0 Å². The molecule has 1 atom stereocenters. The van der Waals surface area contributed by atoms with Gasteiger partial charge in [-0.25, -0.2) is 4.98 Å². The number of aromatic nitrogens is 1. The molecule has 1 heterocycles. The van der Waals surface area contributed by atoms with Crippen LogP contribution in [0.5, 0.6) is 5.88 Å². The fourth-order valence-corrected chi connectivity index (χ4v) is 1.27. The summed E-state index contributed by atoms with van der Waals surface area (Å²) >= 11 is 0. The third kappa shape index (κ3) is 3.47. The molecule has 4 nitrogen and oxygen atoms in total. The third-order valence-corrected chi connectivity index (χ3v) is 2.82. The molecule has 0 bridgehead atoms. The minimum absolute atomic E-state index is 0.119. The maximum Gasteiger partial charge on any atom is 0.213 e. The van der Waals surface area contributed by atoms with E-state index >= 15 is 0 Å². The van der Waals surface area contributed by atoms with E-state index in [9.17, 15) is 5.11 Å². The second kappa shape index (κ2) is 5.82. The van der Waals surface area contributed by atoms with E-state index in [1.54, 1.807) is 7.11 Å². The van der Waals surface area contributed by atoms with Crippen LogP contribution < -0.4 is 10.1 Å². The summed E-state index contributed by atoms with van der Waals surface area (Å²) < 4.78 is 5.05. The van der Waals surface area contributed by atoms with E-state index < -0.39 is 0 Å². The molecule has 4 heteroatoms. The summed E-state index contributed by atoms with van der Waals surface area (Å²) in [4.78, 5) is 4.30. The smallest absolute Gasteiger partial charge is 0.213 e. The molecule has 1 aromatic heterocycles. The standard InChI is InChI=1S/C12H20N2O2/c1-4-12(2,9-15)13-8-10-6-5-7-11(14-10)16-3/h5-7,13,15H,4,8-9H2,1-3H3. The van der Waals surface area contributed by atoms with Crippen molar-refractivity contribution in [2.75, 3.05) is 13.7 Å². The number of methoxy groups -OCH3 is 1. The lowest BCUT2D eigenvalue weighted by Crippen LogP contribution is -2.44. The van der Waals surface area contributed by atoms with Gasteiger partial charge in [-0.05, 0) is 19.4 Å². The highest BCUT2D eigenvalue weighted by Gasteiger charge is 2.19. The highest BCUT2D eigenvalue weighted by atomic mass is 16.5. The molecular formula is C12H20N2O2. The summed E-state index contributed by atoms with van der Waals surface area (Å²) in [6.07, 6.45) is 0.869. The molecule has 0 radical (unpaired) electrons. The van der Waals surface area contributed by atoms with E-state index in [2.05, 4.69) is 10.3 Å². The molecule has 0 saturated carbocycles. The molecule has 90 valence electrons. The number of ether oxygens (including phenoxy) is 1. The first-order chi connectivity index (χ1) is 7.63. The zero-order chi connectivity index (χ0) is 12.0. The maximum absolute atomic E-state index is 9.26. The number of rotatable bonds is 6. The van der Waals surface area contributed by atoms with Crippen LogP contribution in [0.25, 0.3) is 0 Å². The average molecular weight is 224 g/mol. The summed E-state index contributed by atoms with van der Waals surface area (Å²) in [5, 5.41) is 12.6. The van der Waals surface area contributed by atoms with E-state index in [0.29, 0.717) is 12.4 Å². The summed E-state index contributed by atoms with van der Waals surface area (Å²) in [7, 11) is 1.60. The third-order valence-electron chi connectivity index (χ3n) is 2.82. The van der Waals surface area contributed by atoms with Crippen LogP contribution in [0.4, 0.5) is 0 Å². The van der Waals surface area contributed by atoms with Crippen molar-refractivity contribution >= 4 is 0 Å². The SMILES string of the molecule is CCC(C)(CO)NCc1cccc(OC)n1. The minimum atomic E-state index is -0.245. The van der Waals surface area contributed by atoms with Gasteiger partial charge >= 0.3 is 0 Å². The van der Waals surface area contributed by atoms with Gasteiger partial charge in [0, 0.05) is 18.2 Å². The fraction of sp³-hybridized carbons (Fsp3) is 0.583. The number of hydrogen-bond acceptors (Lipinski definition) is 4. The molecule has 0 aliphatic heterocycles. The van der Waals surface area contributed by atoms with Crippen molar-refractivity contribution < 1.29 is 9.84 Å². The van der Waals surface area contributed by atoms with Gasteiger partial charge < -0.3 is 15.2 Å². The van der Waals surface area contributed by atoms with E-state index in [-0.39, 0.29) is 12.1 Å². The largest absolute Gasteiger partial charge is 0.481 e. The van der Waals surface area contributed by atoms with Crippen LogP contribution >= 0.6 is 0 Å². The van der Waals surface area contributed by atoms with Crippen LogP contribution in [0.15, 0.2) is 18.2 Å². The quantitative estimate of drug-likeness (QED) is 0.765. The molecule has 0 aliphatic rings. The molecule has 0 amide bonds. The van der Waals surface area contributed by atoms with Gasteiger partial charge in [0.15, 0.2) is 0 Å². The summed E-state index contributed by atoms with van der Waals surface area (Å²) in [5.41, 5.74) is 0.664. The van der Waals surface area contributed by atoms with Gasteiger partial charge in [-0.15, -0.1) is 0 Å². The second-order valence-electron chi connectivity index (χ2n) is 4.10. The predicted octanol–water partition coefficient (Wildman–Crippen LogP) is 1.34. The Kier molecular flexibility index (Phi) is 4.71. The van der Waals surface area contributed by atoms with Crippen molar-refractivity contribution in [1.29, 1.82) is 0 Å². The number of pyridine rings is 1. The van der Waals surface area contributed by atoms with Crippen molar-refractivity contribution in [3.05, 3.63) is 23.9 Å². The van der Waals surface area contributed by atoms with E-state index in [4.69, 9.17) is 4.74 Å². The Bertz CT molecular complexity index is 325. The summed E-state index contributed by atoms with van der Waals surface area (Å²) in [5.74, 6) is 0.613. The molecular weight excluding hydrogens is 204 g/mol. The number of aliphatic hydroxyl groups excluding tert-OH is 1. The number of aliphatic hydroxyl groups is 1. The Labute approximate surface area is 96.7 Å². The predicted molar refractivity (Wildman–Crippen MR) is 63.4 cm³/mol.